The Kier molecular flexibility index (Phi) is 6.91. The second-order valence-corrected chi connectivity index (χ2v) is 9.14. The second-order valence-electron chi connectivity index (χ2n) is 8.70. The second kappa shape index (κ2) is 10.4. The molecule has 1 saturated heterocycles. The summed E-state index contributed by atoms with van der Waals surface area (Å²) in [6.45, 7) is 2.03. The van der Waals surface area contributed by atoms with E-state index in [9.17, 15) is 4.79 Å². The van der Waals surface area contributed by atoms with Crippen LogP contribution in [0, 0.1) is 0 Å². The van der Waals surface area contributed by atoms with Crippen molar-refractivity contribution in [3.05, 3.63) is 83.6 Å². The first kappa shape index (κ1) is 23.2. The summed E-state index contributed by atoms with van der Waals surface area (Å²) in [5.41, 5.74) is 2.94. The Labute approximate surface area is 210 Å². The van der Waals surface area contributed by atoms with Crippen LogP contribution in [-0.2, 0) is 11.3 Å². The van der Waals surface area contributed by atoms with Crippen molar-refractivity contribution < 1.29 is 14.3 Å². The zero-order valence-corrected chi connectivity index (χ0v) is 20.4. The van der Waals surface area contributed by atoms with Gasteiger partial charge < -0.3 is 18.9 Å². The van der Waals surface area contributed by atoms with E-state index in [2.05, 4.69) is 10.6 Å². The third-order valence-electron chi connectivity index (χ3n) is 6.42. The lowest BCUT2D eigenvalue weighted by Crippen LogP contribution is -2.24. The molecule has 5 rings (SSSR count). The number of fused-ring (bicyclic) bond motifs is 1. The number of anilines is 1. The van der Waals surface area contributed by atoms with Crippen molar-refractivity contribution in [2.45, 2.75) is 31.7 Å². The smallest absolute Gasteiger partial charge is 0.227 e. The minimum atomic E-state index is 0.0374. The molecule has 1 aromatic heterocycles. The molecule has 1 fully saturated rings. The van der Waals surface area contributed by atoms with Crippen molar-refractivity contribution in [3.8, 4) is 11.5 Å². The predicted octanol–water partition coefficient (Wildman–Crippen LogP) is 6.08. The first-order chi connectivity index (χ1) is 17.1. The van der Waals surface area contributed by atoms with Crippen molar-refractivity contribution in [2.24, 2.45) is 0 Å². The number of hydrogen-bond donors (Lipinski definition) is 0. The van der Waals surface area contributed by atoms with Gasteiger partial charge in [-0.05, 0) is 61.4 Å². The summed E-state index contributed by atoms with van der Waals surface area (Å²) in [7, 11) is 1.65. The molecule has 1 aliphatic heterocycles. The van der Waals surface area contributed by atoms with Crippen LogP contribution in [0.1, 0.15) is 31.0 Å². The minimum Gasteiger partial charge on any atom is -0.493 e. The lowest BCUT2D eigenvalue weighted by Gasteiger charge is -2.17. The molecule has 0 N–H and O–H groups in total. The van der Waals surface area contributed by atoms with Crippen LogP contribution in [0.3, 0.4) is 0 Å². The minimum absolute atomic E-state index is 0.0374. The summed E-state index contributed by atoms with van der Waals surface area (Å²) in [6.07, 6.45) is 2.28. The van der Waals surface area contributed by atoms with Crippen molar-refractivity contribution in [1.82, 2.24) is 9.55 Å². The van der Waals surface area contributed by atoms with Crippen molar-refractivity contribution >= 4 is 34.2 Å². The molecule has 0 aliphatic carbocycles. The highest BCUT2D eigenvalue weighted by molar-refractivity contribution is 6.30. The van der Waals surface area contributed by atoms with Crippen LogP contribution in [0.2, 0.25) is 5.02 Å². The van der Waals surface area contributed by atoms with Crippen LogP contribution < -0.4 is 14.4 Å². The van der Waals surface area contributed by atoms with E-state index in [1.165, 1.54) is 0 Å². The number of carbonyl (C=O) groups is 1. The summed E-state index contributed by atoms with van der Waals surface area (Å²) >= 11 is 6.03. The number of imidazole rings is 1. The van der Waals surface area contributed by atoms with Gasteiger partial charge in [0.05, 0.1) is 24.8 Å². The van der Waals surface area contributed by atoms with Crippen molar-refractivity contribution in [3.63, 3.8) is 0 Å². The van der Waals surface area contributed by atoms with Crippen LogP contribution in [0.25, 0.3) is 11.0 Å². The standard InChI is InChI=1S/C28H28ClN3O3/c1-34-25-10-4-5-11-26(25)35-17-7-6-16-31-24-9-3-2-8-23(24)30-28(31)20-18-27(33)32(19-20)22-14-12-21(29)13-15-22/h2-5,8-15,20H,6-7,16-19H2,1H3. The fraction of sp³-hybridized carbons (Fsp3) is 0.286. The van der Waals surface area contributed by atoms with Gasteiger partial charge in [-0.1, -0.05) is 35.9 Å². The van der Waals surface area contributed by atoms with E-state index in [4.69, 9.17) is 26.1 Å². The number of rotatable bonds is 9. The molecule has 1 unspecified atom stereocenters. The van der Waals surface area contributed by atoms with Gasteiger partial charge in [-0.15, -0.1) is 0 Å². The van der Waals surface area contributed by atoms with E-state index < -0.39 is 0 Å². The van der Waals surface area contributed by atoms with Gasteiger partial charge >= 0.3 is 0 Å². The van der Waals surface area contributed by atoms with E-state index >= 15 is 0 Å². The molecule has 1 aliphatic rings. The van der Waals surface area contributed by atoms with Crippen LogP contribution in [0.4, 0.5) is 5.69 Å². The molecule has 0 radical (unpaired) electrons. The molecule has 35 heavy (non-hydrogen) atoms. The molecule has 0 spiro atoms. The quantitative estimate of drug-likeness (QED) is 0.267. The SMILES string of the molecule is COc1ccccc1OCCCCn1c(C2CC(=O)N(c3ccc(Cl)cc3)C2)nc2ccccc21. The van der Waals surface area contributed by atoms with Gasteiger partial charge in [0, 0.05) is 36.1 Å². The highest BCUT2D eigenvalue weighted by Gasteiger charge is 2.34. The normalized spacial score (nSPS) is 15.7. The Bertz CT molecular complexity index is 1320. The Morgan fingerprint density at radius 3 is 2.51 bits per heavy atom. The van der Waals surface area contributed by atoms with Gasteiger partial charge in [-0.25, -0.2) is 4.98 Å². The molecular weight excluding hydrogens is 462 g/mol. The number of nitrogens with zero attached hydrogens (tertiary/aromatic N) is 3. The van der Waals surface area contributed by atoms with Crippen molar-refractivity contribution in [2.75, 3.05) is 25.2 Å². The van der Waals surface area contributed by atoms with Crippen LogP contribution in [0.5, 0.6) is 11.5 Å². The van der Waals surface area contributed by atoms with Gasteiger partial charge in [0.2, 0.25) is 5.91 Å². The Hall–Kier alpha value is -3.51. The molecule has 0 saturated carbocycles. The Morgan fingerprint density at radius 1 is 0.971 bits per heavy atom. The molecule has 4 aromatic rings. The molecular formula is C28H28ClN3O3. The summed E-state index contributed by atoms with van der Waals surface area (Å²) in [5.74, 6) is 2.63. The van der Waals surface area contributed by atoms with Crippen molar-refractivity contribution in [1.29, 1.82) is 0 Å². The predicted molar refractivity (Wildman–Crippen MR) is 139 cm³/mol. The monoisotopic (exact) mass is 489 g/mol. The summed E-state index contributed by atoms with van der Waals surface area (Å²) < 4.78 is 13.6. The first-order valence-corrected chi connectivity index (χ1v) is 12.3. The average Bonchev–Trinajstić information content (AvgIpc) is 3.45. The number of halogens is 1. The fourth-order valence-corrected chi connectivity index (χ4v) is 4.81. The lowest BCUT2D eigenvalue weighted by molar-refractivity contribution is -0.117. The number of hydrogen-bond acceptors (Lipinski definition) is 4. The van der Waals surface area contributed by atoms with E-state index in [-0.39, 0.29) is 11.8 Å². The maximum Gasteiger partial charge on any atom is 0.227 e. The van der Waals surface area contributed by atoms with E-state index in [1.54, 1.807) is 7.11 Å². The number of ether oxygens (including phenoxy) is 2. The summed E-state index contributed by atoms with van der Waals surface area (Å²) in [6, 6.07) is 23.3. The molecule has 0 bridgehead atoms. The molecule has 7 heteroatoms. The lowest BCUT2D eigenvalue weighted by atomic mass is 10.1. The topological polar surface area (TPSA) is 56.6 Å². The van der Waals surface area contributed by atoms with E-state index in [1.807, 2.05) is 71.6 Å². The Balaban J connectivity index is 1.29. The van der Waals surface area contributed by atoms with Gasteiger partial charge in [0.1, 0.15) is 5.82 Å². The van der Waals surface area contributed by atoms with Gasteiger partial charge in [-0.3, -0.25) is 4.79 Å². The highest BCUT2D eigenvalue weighted by Crippen LogP contribution is 2.34. The molecule has 180 valence electrons. The molecule has 1 atom stereocenters. The number of aryl methyl sites for hydroxylation is 1. The van der Waals surface area contributed by atoms with Gasteiger partial charge in [0.15, 0.2) is 11.5 Å². The van der Waals surface area contributed by atoms with Gasteiger partial charge in [0.25, 0.3) is 0 Å². The maximum atomic E-state index is 12.9. The largest absolute Gasteiger partial charge is 0.493 e. The number of amides is 1. The zero-order valence-electron chi connectivity index (χ0n) is 19.7. The number of para-hydroxylation sites is 4. The van der Waals surface area contributed by atoms with Crippen LogP contribution in [0.15, 0.2) is 72.8 Å². The summed E-state index contributed by atoms with van der Waals surface area (Å²) in [5, 5.41) is 0.661. The maximum absolute atomic E-state index is 12.9. The van der Waals surface area contributed by atoms with Gasteiger partial charge in [-0.2, -0.15) is 0 Å². The molecule has 1 amide bonds. The highest BCUT2D eigenvalue weighted by atomic mass is 35.5. The average molecular weight is 490 g/mol. The molecule has 6 nitrogen and oxygen atoms in total. The van der Waals surface area contributed by atoms with E-state index in [0.29, 0.717) is 24.6 Å². The third-order valence-corrected chi connectivity index (χ3v) is 6.67. The molecule has 2 heterocycles. The number of aromatic nitrogens is 2. The number of benzene rings is 3. The molecule has 3 aromatic carbocycles. The van der Waals surface area contributed by atoms with Crippen LogP contribution >= 0.6 is 11.6 Å². The first-order valence-electron chi connectivity index (χ1n) is 11.9. The summed E-state index contributed by atoms with van der Waals surface area (Å²) in [4.78, 5) is 19.7. The Morgan fingerprint density at radius 2 is 1.71 bits per heavy atom. The zero-order chi connectivity index (χ0) is 24.2. The fourth-order valence-electron chi connectivity index (χ4n) is 4.68. The number of carbonyl (C=O) groups excluding carboxylic acids is 1. The third kappa shape index (κ3) is 4.98. The number of methoxy groups -OCH3 is 1. The van der Waals surface area contributed by atoms with E-state index in [0.717, 1.165) is 53.4 Å². The van der Waals surface area contributed by atoms with Crippen LogP contribution in [-0.4, -0.2) is 35.7 Å². The number of unbranched alkanes of at least 4 members (excludes halogenated alkanes) is 1.